The highest BCUT2D eigenvalue weighted by atomic mass is 15.5. The molecular formula is C18H19N3. The predicted octanol–water partition coefficient (Wildman–Crippen LogP) is 1.71. The van der Waals surface area contributed by atoms with Crippen LogP contribution < -0.4 is 20.9 Å². The maximum Gasteiger partial charge on any atom is 0.0572 e. The molecule has 3 heteroatoms. The number of pyridine rings is 1. The molecule has 0 bridgehead atoms. The van der Waals surface area contributed by atoms with Crippen LogP contribution in [-0.4, -0.2) is 11.5 Å². The summed E-state index contributed by atoms with van der Waals surface area (Å²) in [7, 11) is 0. The number of anilines is 1. The molecule has 0 spiro atoms. The molecule has 1 aromatic heterocycles. The van der Waals surface area contributed by atoms with E-state index in [0.717, 1.165) is 13.0 Å². The smallest absolute Gasteiger partial charge is 0.0572 e. The van der Waals surface area contributed by atoms with Crippen molar-refractivity contribution in [3.8, 4) is 0 Å². The number of hydrazine groups is 1. The van der Waals surface area contributed by atoms with Crippen LogP contribution in [0.1, 0.15) is 18.4 Å². The average molecular weight is 277 g/mol. The lowest BCUT2D eigenvalue weighted by molar-refractivity contribution is 0.507. The van der Waals surface area contributed by atoms with Gasteiger partial charge in [0.25, 0.3) is 0 Å². The Labute approximate surface area is 124 Å². The molecule has 1 saturated heterocycles. The second-order valence-corrected chi connectivity index (χ2v) is 5.90. The minimum absolute atomic E-state index is 0.613. The second-order valence-electron chi connectivity index (χ2n) is 5.90. The average Bonchev–Trinajstić information content (AvgIpc) is 2.55. The number of aryl methyl sites for hydroxylation is 1. The third-order valence-corrected chi connectivity index (χ3v) is 4.47. The molecule has 1 aliphatic heterocycles. The summed E-state index contributed by atoms with van der Waals surface area (Å²) in [6, 6.07) is 10.8. The van der Waals surface area contributed by atoms with E-state index in [2.05, 4.69) is 58.8 Å². The van der Waals surface area contributed by atoms with Gasteiger partial charge >= 0.3 is 0 Å². The maximum atomic E-state index is 4.24. The van der Waals surface area contributed by atoms with Gasteiger partial charge in [-0.05, 0) is 43.2 Å². The van der Waals surface area contributed by atoms with Crippen molar-refractivity contribution in [2.45, 2.75) is 19.8 Å². The van der Waals surface area contributed by atoms with E-state index in [0.29, 0.717) is 5.92 Å². The van der Waals surface area contributed by atoms with E-state index in [4.69, 9.17) is 0 Å². The van der Waals surface area contributed by atoms with E-state index < -0.39 is 0 Å². The minimum atomic E-state index is 0.613. The lowest BCUT2D eigenvalue weighted by Gasteiger charge is -2.38. The first kappa shape index (κ1) is 12.5. The zero-order valence-electron chi connectivity index (χ0n) is 12.2. The van der Waals surface area contributed by atoms with Gasteiger partial charge in [0.15, 0.2) is 0 Å². The highest BCUT2D eigenvalue weighted by Crippen LogP contribution is 2.27. The van der Waals surface area contributed by atoms with Gasteiger partial charge in [0.05, 0.1) is 5.69 Å². The summed E-state index contributed by atoms with van der Waals surface area (Å²) in [5, 5.41) is 4.82. The lowest BCUT2D eigenvalue weighted by Crippen LogP contribution is -2.50. The molecule has 0 radical (unpaired) electrons. The van der Waals surface area contributed by atoms with Crippen molar-refractivity contribution in [1.29, 1.82) is 0 Å². The van der Waals surface area contributed by atoms with Gasteiger partial charge < -0.3 is 5.43 Å². The van der Waals surface area contributed by atoms with Crippen molar-refractivity contribution in [1.82, 2.24) is 10.4 Å². The molecule has 4 rings (SSSR count). The Bertz CT molecular complexity index is 777. The highest BCUT2D eigenvalue weighted by molar-refractivity contribution is 5.58. The summed E-state index contributed by atoms with van der Waals surface area (Å²) in [6.07, 6.45) is 8.47. The quantitative estimate of drug-likeness (QED) is 0.860. The Morgan fingerprint density at radius 3 is 2.90 bits per heavy atom. The number of hydrogen-bond acceptors (Lipinski definition) is 3. The van der Waals surface area contributed by atoms with E-state index in [-0.39, 0.29) is 0 Å². The van der Waals surface area contributed by atoms with Gasteiger partial charge in [-0.25, -0.2) is 0 Å². The fraction of sp³-hybridized carbons (Fsp3) is 0.278. The molecule has 106 valence electrons. The summed E-state index contributed by atoms with van der Waals surface area (Å²) in [4.78, 5) is 4.24. The molecule has 1 atom stereocenters. The Balaban J connectivity index is 1.75. The van der Waals surface area contributed by atoms with Gasteiger partial charge in [0.2, 0.25) is 0 Å². The number of hydrogen-bond donors (Lipinski definition) is 1. The van der Waals surface area contributed by atoms with Crippen molar-refractivity contribution in [2.24, 2.45) is 5.92 Å². The molecule has 0 saturated carbocycles. The molecular weight excluding hydrogens is 258 g/mol. The fourth-order valence-electron chi connectivity index (χ4n) is 3.24. The van der Waals surface area contributed by atoms with Gasteiger partial charge in [0, 0.05) is 35.8 Å². The summed E-state index contributed by atoms with van der Waals surface area (Å²) in [5.41, 5.74) is 7.53. The first-order valence-corrected chi connectivity index (χ1v) is 7.56. The van der Waals surface area contributed by atoms with Crippen LogP contribution in [0.15, 0.2) is 42.7 Å². The topological polar surface area (TPSA) is 28.2 Å². The van der Waals surface area contributed by atoms with Gasteiger partial charge in [-0.3, -0.25) is 9.99 Å². The van der Waals surface area contributed by atoms with E-state index in [1.165, 1.54) is 33.8 Å². The summed E-state index contributed by atoms with van der Waals surface area (Å²) < 4.78 is 0. The Kier molecular flexibility index (Phi) is 2.92. The first-order valence-electron chi connectivity index (χ1n) is 7.56. The van der Waals surface area contributed by atoms with Crippen LogP contribution in [0.25, 0.3) is 11.8 Å². The fourth-order valence-corrected chi connectivity index (χ4v) is 3.24. The number of fused-ring (bicyclic) bond motifs is 2. The van der Waals surface area contributed by atoms with E-state index in [9.17, 15) is 0 Å². The third-order valence-electron chi connectivity index (χ3n) is 4.47. The standard InChI is InChI=1S/C18H19N3/c1-13-2-6-16(7-3-13)21-11-9-14-4-5-15-12-19-10-8-17(15)18(14)20-21/h2-3,5-8,10,12,14,20H,4,9,11H2,1H3. The van der Waals surface area contributed by atoms with Crippen molar-refractivity contribution < 1.29 is 0 Å². The SMILES string of the molecule is Cc1ccc(N2CCC3CC=c4cnccc4=C3N2)cc1. The number of rotatable bonds is 1. The van der Waals surface area contributed by atoms with Crippen LogP contribution in [-0.2, 0) is 0 Å². The van der Waals surface area contributed by atoms with Gasteiger partial charge in [0.1, 0.15) is 0 Å². The van der Waals surface area contributed by atoms with Gasteiger partial charge in [-0.15, -0.1) is 0 Å². The van der Waals surface area contributed by atoms with Crippen LogP contribution in [0.3, 0.4) is 0 Å². The zero-order valence-corrected chi connectivity index (χ0v) is 12.2. The third kappa shape index (κ3) is 2.19. The van der Waals surface area contributed by atoms with Crippen LogP contribution in [0.5, 0.6) is 0 Å². The van der Waals surface area contributed by atoms with Gasteiger partial charge in [-0.2, -0.15) is 0 Å². The number of nitrogens with zero attached hydrogens (tertiary/aromatic N) is 2. The number of benzene rings is 1. The minimum Gasteiger partial charge on any atom is -0.302 e. The molecule has 2 aromatic rings. The van der Waals surface area contributed by atoms with Crippen LogP contribution in [0.4, 0.5) is 5.69 Å². The van der Waals surface area contributed by atoms with Crippen LogP contribution >= 0.6 is 0 Å². The molecule has 3 nitrogen and oxygen atoms in total. The highest BCUT2D eigenvalue weighted by Gasteiger charge is 2.25. The number of aromatic nitrogens is 1. The summed E-state index contributed by atoms with van der Waals surface area (Å²) in [5.74, 6) is 0.613. The van der Waals surface area contributed by atoms with Crippen LogP contribution in [0, 0.1) is 12.8 Å². The second kappa shape index (κ2) is 4.92. The van der Waals surface area contributed by atoms with Gasteiger partial charge in [-0.1, -0.05) is 23.8 Å². The summed E-state index contributed by atoms with van der Waals surface area (Å²) in [6.45, 7) is 3.17. The van der Waals surface area contributed by atoms with Crippen molar-refractivity contribution in [3.05, 3.63) is 58.7 Å². The summed E-state index contributed by atoms with van der Waals surface area (Å²) >= 11 is 0. The molecule has 21 heavy (non-hydrogen) atoms. The van der Waals surface area contributed by atoms with Crippen molar-refractivity contribution >= 4 is 17.5 Å². The van der Waals surface area contributed by atoms with Crippen LogP contribution in [0.2, 0.25) is 0 Å². The molecule has 2 heterocycles. The molecule has 1 unspecified atom stereocenters. The largest absolute Gasteiger partial charge is 0.302 e. The van der Waals surface area contributed by atoms with Crippen molar-refractivity contribution in [2.75, 3.05) is 11.6 Å². The molecule has 0 amide bonds. The Morgan fingerprint density at radius 2 is 2.05 bits per heavy atom. The van der Waals surface area contributed by atoms with E-state index in [1.54, 1.807) is 0 Å². The molecule has 1 aliphatic carbocycles. The number of nitrogens with one attached hydrogen (secondary N) is 1. The Morgan fingerprint density at radius 1 is 1.19 bits per heavy atom. The predicted molar refractivity (Wildman–Crippen MR) is 85.7 cm³/mol. The Hall–Kier alpha value is -2.29. The molecule has 2 aliphatic rings. The maximum absolute atomic E-state index is 4.24. The monoisotopic (exact) mass is 277 g/mol. The van der Waals surface area contributed by atoms with Crippen molar-refractivity contribution in [3.63, 3.8) is 0 Å². The molecule has 1 N–H and O–H groups in total. The molecule has 1 aromatic carbocycles. The normalized spacial score (nSPS) is 20.1. The lowest BCUT2D eigenvalue weighted by atomic mass is 9.90. The van der Waals surface area contributed by atoms with E-state index in [1.807, 2.05) is 12.4 Å². The first-order chi connectivity index (χ1) is 10.3. The molecule has 1 fully saturated rings. The van der Waals surface area contributed by atoms with E-state index >= 15 is 0 Å². The zero-order chi connectivity index (χ0) is 14.2.